The maximum Gasteiger partial charge on any atom is 0.243 e. The van der Waals surface area contributed by atoms with Crippen molar-refractivity contribution < 1.29 is 22.6 Å². The Morgan fingerprint density at radius 1 is 0.921 bits per heavy atom. The molecule has 0 aliphatic carbocycles. The van der Waals surface area contributed by atoms with Crippen LogP contribution >= 0.6 is 0 Å². The molecular weight excluding hydrogens is 510 g/mol. The lowest BCUT2D eigenvalue weighted by Crippen LogP contribution is -2.33. The fourth-order valence-corrected chi connectivity index (χ4v) is 5.05. The van der Waals surface area contributed by atoms with Crippen molar-refractivity contribution in [3.63, 3.8) is 0 Å². The largest absolute Gasteiger partial charge is 0.494 e. The van der Waals surface area contributed by atoms with Crippen LogP contribution in [0.1, 0.15) is 30.0 Å². The number of nitrogens with one attached hydrogen (secondary N) is 1. The van der Waals surface area contributed by atoms with Crippen molar-refractivity contribution in [1.29, 1.82) is 0 Å². The highest BCUT2D eigenvalue weighted by molar-refractivity contribution is 7.93. The van der Waals surface area contributed by atoms with Gasteiger partial charge in [0.15, 0.2) is 11.6 Å². The van der Waals surface area contributed by atoms with Crippen LogP contribution in [0.3, 0.4) is 0 Å². The molecule has 38 heavy (non-hydrogen) atoms. The van der Waals surface area contributed by atoms with Crippen LogP contribution in [-0.4, -0.2) is 64.7 Å². The third-order valence-corrected chi connectivity index (χ3v) is 7.57. The molecule has 0 radical (unpaired) electrons. The van der Waals surface area contributed by atoms with E-state index in [1.165, 1.54) is 32.8 Å². The predicted octanol–water partition coefficient (Wildman–Crippen LogP) is 3.27. The Balaban J connectivity index is 1.84. The molecule has 0 aliphatic rings. The van der Waals surface area contributed by atoms with Crippen LogP contribution in [-0.2, 0) is 14.8 Å². The first-order valence-electron chi connectivity index (χ1n) is 11.6. The number of aryl methyl sites for hydroxylation is 2. The van der Waals surface area contributed by atoms with Gasteiger partial charge in [0.1, 0.15) is 28.5 Å². The van der Waals surface area contributed by atoms with Gasteiger partial charge in [-0.2, -0.15) is 0 Å². The molecule has 0 aliphatic heterocycles. The Hall–Kier alpha value is -4.10. The van der Waals surface area contributed by atoms with Gasteiger partial charge >= 0.3 is 0 Å². The van der Waals surface area contributed by atoms with E-state index in [4.69, 9.17) is 14.2 Å². The van der Waals surface area contributed by atoms with Gasteiger partial charge in [0.2, 0.25) is 16.0 Å². The van der Waals surface area contributed by atoms with E-state index in [1.807, 2.05) is 19.9 Å². The van der Waals surface area contributed by atoms with E-state index in [0.717, 1.165) is 11.1 Å². The highest BCUT2D eigenvalue weighted by atomic mass is 32.2. The molecule has 0 spiro atoms. The number of nitrogens with zero attached hydrogens (tertiary/aromatic N) is 6. The minimum Gasteiger partial charge on any atom is -0.494 e. The quantitative estimate of drug-likeness (QED) is 0.319. The normalized spacial score (nSPS) is 13.1. The average molecular weight is 540 g/mol. The number of para-hydroxylation sites is 1. The molecule has 4 aromatic rings. The summed E-state index contributed by atoms with van der Waals surface area (Å²) in [5.74, 6) is 1.34. The molecule has 0 fully saturated rings. The van der Waals surface area contributed by atoms with Gasteiger partial charge in [-0.05, 0) is 50.1 Å². The number of hydrogen-bond donors (Lipinski definition) is 1. The second kappa shape index (κ2) is 11.1. The van der Waals surface area contributed by atoms with Crippen molar-refractivity contribution in [1.82, 2.24) is 29.7 Å². The van der Waals surface area contributed by atoms with Gasteiger partial charge in [0.05, 0.1) is 14.2 Å². The number of hydrogen-bond acceptors (Lipinski definition) is 10. The minimum atomic E-state index is -4.11. The van der Waals surface area contributed by atoms with E-state index in [-0.39, 0.29) is 11.8 Å². The summed E-state index contributed by atoms with van der Waals surface area (Å²) < 4.78 is 48.1. The van der Waals surface area contributed by atoms with Crippen molar-refractivity contribution in [2.24, 2.45) is 0 Å². The molecule has 1 N–H and O–H groups in total. The SMILES string of the molecule is COc1cccc(OC)c1-n1c(NS(=O)(=O)[C@@H](C)[C@@H](OC)c2ncc(C)cn2)nnc1-c1cncc(C)c1. The van der Waals surface area contributed by atoms with Crippen LogP contribution < -0.4 is 14.2 Å². The van der Waals surface area contributed by atoms with Crippen molar-refractivity contribution >= 4 is 16.0 Å². The van der Waals surface area contributed by atoms with Crippen LogP contribution in [0.4, 0.5) is 5.95 Å². The summed E-state index contributed by atoms with van der Waals surface area (Å²) in [5, 5.41) is 7.41. The van der Waals surface area contributed by atoms with Gasteiger partial charge < -0.3 is 14.2 Å². The lowest BCUT2D eigenvalue weighted by molar-refractivity contribution is 0.0949. The molecule has 0 amide bonds. The van der Waals surface area contributed by atoms with E-state index in [0.29, 0.717) is 28.6 Å². The lowest BCUT2D eigenvalue weighted by Gasteiger charge is -2.23. The zero-order chi connectivity index (χ0) is 27.4. The summed E-state index contributed by atoms with van der Waals surface area (Å²) in [6, 6.07) is 7.08. The van der Waals surface area contributed by atoms with Gasteiger partial charge in [-0.1, -0.05) is 6.07 Å². The van der Waals surface area contributed by atoms with Crippen LogP contribution in [0.25, 0.3) is 17.1 Å². The molecular formula is C25H29N7O5S. The number of ether oxygens (including phenoxy) is 3. The molecule has 3 aromatic heterocycles. The molecule has 12 nitrogen and oxygen atoms in total. The fourth-order valence-electron chi connectivity index (χ4n) is 3.92. The zero-order valence-electron chi connectivity index (χ0n) is 21.9. The van der Waals surface area contributed by atoms with Gasteiger partial charge in [-0.25, -0.2) is 18.4 Å². The zero-order valence-corrected chi connectivity index (χ0v) is 22.7. The average Bonchev–Trinajstić information content (AvgIpc) is 3.31. The number of methoxy groups -OCH3 is 3. The monoisotopic (exact) mass is 539 g/mol. The summed E-state index contributed by atoms with van der Waals surface area (Å²) >= 11 is 0. The topological polar surface area (TPSA) is 143 Å². The highest BCUT2D eigenvalue weighted by Crippen LogP contribution is 2.38. The number of anilines is 1. The molecule has 4 rings (SSSR count). The third kappa shape index (κ3) is 5.29. The van der Waals surface area contributed by atoms with Crippen molar-refractivity contribution in [2.45, 2.75) is 32.1 Å². The second-order valence-electron chi connectivity index (χ2n) is 8.57. The van der Waals surface area contributed by atoms with E-state index in [1.54, 1.807) is 43.0 Å². The Bertz CT molecular complexity index is 1500. The van der Waals surface area contributed by atoms with Crippen LogP contribution in [0, 0.1) is 13.8 Å². The van der Waals surface area contributed by atoms with Crippen LogP contribution in [0.5, 0.6) is 11.5 Å². The van der Waals surface area contributed by atoms with Gasteiger partial charge in [-0.3, -0.25) is 14.3 Å². The maximum absolute atomic E-state index is 13.6. The number of aromatic nitrogens is 6. The molecule has 13 heteroatoms. The predicted molar refractivity (Wildman–Crippen MR) is 141 cm³/mol. The van der Waals surface area contributed by atoms with Crippen molar-refractivity contribution in [3.8, 4) is 28.6 Å². The van der Waals surface area contributed by atoms with Gasteiger partial charge in [-0.15, -0.1) is 10.2 Å². The highest BCUT2D eigenvalue weighted by Gasteiger charge is 2.35. The molecule has 0 bridgehead atoms. The Morgan fingerprint density at radius 2 is 1.58 bits per heavy atom. The molecule has 0 saturated carbocycles. The lowest BCUT2D eigenvalue weighted by atomic mass is 10.2. The van der Waals surface area contributed by atoms with E-state index in [9.17, 15) is 8.42 Å². The summed E-state index contributed by atoms with van der Waals surface area (Å²) in [7, 11) is 0.317. The molecule has 3 heterocycles. The Labute approximate surface area is 221 Å². The summed E-state index contributed by atoms with van der Waals surface area (Å²) in [5.41, 5.74) is 2.76. The van der Waals surface area contributed by atoms with Crippen molar-refractivity contribution in [2.75, 3.05) is 26.1 Å². The minimum absolute atomic E-state index is 0.0733. The van der Waals surface area contributed by atoms with Gasteiger partial charge in [0, 0.05) is 37.5 Å². The third-order valence-electron chi connectivity index (χ3n) is 5.88. The standard InChI is InChI=1S/C25H29N7O5S/c1-15-10-18(14-26-11-15)24-29-30-25(32(24)21-19(35-4)8-7-9-20(21)36-5)31-38(33,34)17(3)22(37-6)23-27-12-16(2)13-28-23/h7-14,17,22H,1-6H3,(H,30,31)/t17-,22+/m0/s1. The maximum atomic E-state index is 13.6. The smallest absolute Gasteiger partial charge is 0.243 e. The van der Waals surface area contributed by atoms with Crippen LogP contribution in [0.2, 0.25) is 0 Å². The summed E-state index contributed by atoms with van der Waals surface area (Å²) in [6.07, 6.45) is 5.59. The number of rotatable bonds is 10. The van der Waals surface area contributed by atoms with E-state index >= 15 is 0 Å². The summed E-state index contributed by atoms with van der Waals surface area (Å²) in [4.78, 5) is 12.8. The molecule has 0 saturated heterocycles. The molecule has 200 valence electrons. The molecule has 0 unspecified atom stereocenters. The first-order chi connectivity index (χ1) is 18.2. The first kappa shape index (κ1) is 26.9. The Kier molecular flexibility index (Phi) is 7.88. The fraction of sp³-hybridized carbons (Fsp3) is 0.320. The number of pyridine rings is 1. The van der Waals surface area contributed by atoms with E-state index in [2.05, 4.69) is 29.9 Å². The van der Waals surface area contributed by atoms with Crippen molar-refractivity contribution in [3.05, 3.63) is 66.0 Å². The summed E-state index contributed by atoms with van der Waals surface area (Å²) in [6.45, 7) is 5.24. The van der Waals surface area contributed by atoms with Gasteiger partial charge in [0.25, 0.3) is 0 Å². The number of benzene rings is 1. The Morgan fingerprint density at radius 3 is 2.16 bits per heavy atom. The molecule has 1 aromatic carbocycles. The first-order valence-corrected chi connectivity index (χ1v) is 13.2. The molecule has 2 atom stereocenters. The second-order valence-corrected chi connectivity index (χ2v) is 10.6. The van der Waals surface area contributed by atoms with Crippen LogP contribution in [0.15, 0.2) is 49.1 Å². The number of sulfonamides is 1. The van der Waals surface area contributed by atoms with E-state index < -0.39 is 21.4 Å².